The maximum Gasteiger partial charge on any atom is 0.261 e. The van der Waals surface area contributed by atoms with Crippen LogP contribution in [0.1, 0.15) is 38.2 Å². The lowest BCUT2D eigenvalue weighted by Crippen LogP contribution is -2.46. The number of hydrogen-bond acceptors (Lipinski definition) is 6. The molecule has 1 saturated carbocycles. The quantitative estimate of drug-likeness (QED) is 0.441. The van der Waals surface area contributed by atoms with Gasteiger partial charge in [0.2, 0.25) is 0 Å². The molecular weight excluding hydrogens is 490 g/mol. The number of carbonyl (C=O) groups is 1. The van der Waals surface area contributed by atoms with Crippen molar-refractivity contribution in [1.29, 1.82) is 0 Å². The molecule has 0 radical (unpaired) electrons. The molecule has 0 unspecified atom stereocenters. The van der Waals surface area contributed by atoms with Crippen LogP contribution in [-0.4, -0.2) is 46.5 Å². The first-order chi connectivity index (χ1) is 16.9. The lowest BCUT2D eigenvalue weighted by molar-refractivity contribution is -0.124. The van der Waals surface area contributed by atoms with Crippen LogP contribution < -0.4 is 5.56 Å². The zero-order valence-corrected chi connectivity index (χ0v) is 20.9. The van der Waals surface area contributed by atoms with Crippen molar-refractivity contribution in [2.24, 2.45) is 5.92 Å². The second kappa shape index (κ2) is 9.82. The Bertz CT molecular complexity index is 1500. The van der Waals surface area contributed by atoms with Gasteiger partial charge in [-0.25, -0.2) is 22.2 Å². The predicted molar refractivity (Wildman–Crippen MR) is 132 cm³/mol. The Hall–Kier alpha value is -2.98. The van der Waals surface area contributed by atoms with Crippen LogP contribution in [0.3, 0.4) is 0 Å². The van der Waals surface area contributed by atoms with Gasteiger partial charge in [0.15, 0.2) is 15.6 Å². The number of benzene rings is 2. The second-order valence-corrected chi connectivity index (χ2v) is 12.2. The molecule has 4 rings (SSSR count). The number of carbonyl (C=O) groups excluding carboxylic acids is 1. The van der Waals surface area contributed by atoms with Gasteiger partial charge in [0.1, 0.15) is 23.0 Å². The highest BCUT2D eigenvalue weighted by Gasteiger charge is 2.42. The Morgan fingerprint density at radius 1 is 1.17 bits per heavy atom. The van der Waals surface area contributed by atoms with Crippen LogP contribution in [0, 0.1) is 17.6 Å². The van der Waals surface area contributed by atoms with Crippen molar-refractivity contribution in [3.63, 3.8) is 0 Å². The molecule has 7 nitrogen and oxygen atoms in total. The number of fused-ring (bicyclic) bond motifs is 1. The van der Waals surface area contributed by atoms with E-state index in [9.17, 15) is 27.5 Å². The fourth-order valence-electron chi connectivity index (χ4n) is 4.29. The summed E-state index contributed by atoms with van der Waals surface area (Å²) in [5, 5.41) is 9.14. The van der Waals surface area contributed by atoms with E-state index >= 15 is 4.39 Å². The highest BCUT2D eigenvalue weighted by molar-refractivity contribution is 7.92. The number of Topliss-reactive ketones (excluding diaryl/α,β-unsaturated/α-hetero) is 1. The predicted octanol–water partition coefficient (Wildman–Crippen LogP) is 3.44. The minimum Gasteiger partial charge on any atom is -0.389 e. The monoisotopic (exact) mass is 518 g/mol. The molecule has 1 aliphatic carbocycles. The fourth-order valence-corrected chi connectivity index (χ4v) is 5.23. The molecule has 10 heteroatoms. The molecule has 0 saturated heterocycles. The molecule has 1 N–H and O–H groups in total. The van der Waals surface area contributed by atoms with Gasteiger partial charge in [0.05, 0.1) is 17.2 Å². The summed E-state index contributed by atoms with van der Waals surface area (Å²) in [5.74, 6) is -1.51. The summed E-state index contributed by atoms with van der Waals surface area (Å²) in [7, 11) is -3.90. The Kier molecular flexibility index (Phi) is 7.12. The molecular formula is C26H28F2N2O5S. The van der Waals surface area contributed by atoms with Gasteiger partial charge in [-0.15, -0.1) is 0 Å². The first-order valence-electron chi connectivity index (χ1n) is 11.8. The Morgan fingerprint density at radius 3 is 2.47 bits per heavy atom. The first-order valence-corrected chi connectivity index (χ1v) is 13.6. The Balaban J connectivity index is 1.63. The largest absolute Gasteiger partial charge is 0.389 e. The van der Waals surface area contributed by atoms with Crippen molar-refractivity contribution < 1.29 is 27.1 Å². The second-order valence-electron chi connectivity index (χ2n) is 9.72. The summed E-state index contributed by atoms with van der Waals surface area (Å²) in [6.45, 7) is 0.0377. The number of aliphatic hydroxyl groups is 1. The fraction of sp³-hybridized carbons (Fsp3) is 0.423. The van der Waals surface area contributed by atoms with Gasteiger partial charge in [-0.1, -0.05) is 25.0 Å². The molecule has 0 aliphatic heterocycles. The third-order valence-corrected chi connectivity index (χ3v) is 9.22. The maximum atomic E-state index is 15.0. The van der Waals surface area contributed by atoms with E-state index in [1.807, 2.05) is 0 Å². The number of aliphatic hydroxyl groups excluding tert-OH is 1. The van der Waals surface area contributed by atoms with Crippen molar-refractivity contribution in [2.75, 3.05) is 12.9 Å². The molecule has 1 atom stereocenters. The number of halogens is 2. The van der Waals surface area contributed by atoms with Gasteiger partial charge in [0.25, 0.3) is 5.56 Å². The van der Waals surface area contributed by atoms with Crippen molar-refractivity contribution in [3.05, 3.63) is 64.2 Å². The minimum absolute atomic E-state index is 0.0170. The Morgan fingerprint density at radius 2 is 1.86 bits per heavy atom. The average Bonchev–Trinajstić information content (AvgIpc) is 3.66. The number of aromatic nitrogens is 2. The Labute approximate surface area is 207 Å². The summed E-state index contributed by atoms with van der Waals surface area (Å²) in [5.41, 5.74) is 0.431. The zero-order chi connectivity index (χ0) is 26.3. The van der Waals surface area contributed by atoms with E-state index < -0.39 is 44.2 Å². The van der Waals surface area contributed by atoms with E-state index in [2.05, 4.69) is 4.98 Å². The summed E-state index contributed by atoms with van der Waals surface area (Å²) >= 11 is 0. The SMILES string of the molecule is C[C@@](CCn1cnc2cc(-c3ccc(CCC4CC4)cc3F)c(F)cc2c1=O)(C(=O)CO)S(C)(=O)=O. The highest BCUT2D eigenvalue weighted by Crippen LogP contribution is 2.34. The van der Waals surface area contributed by atoms with Gasteiger partial charge < -0.3 is 5.11 Å². The summed E-state index contributed by atoms with van der Waals surface area (Å²) in [6.07, 6.45) is 6.00. The van der Waals surface area contributed by atoms with Crippen molar-refractivity contribution >= 4 is 26.5 Å². The average molecular weight is 519 g/mol. The molecule has 0 amide bonds. The molecule has 2 aromatic carbocycles. The molecule has 3 aromatic rings. The smallest absolute Gasteiger partial charge is 0.261 e. The lowest BCUT2D eigenvalue weighted by Gasteiger charge is -2.25. The third-order valence-electron chi connectivity index (χ3n) is 7.16. The van der Waals surface area contributed by atoms with Crippen LogP contribution in [-0.2, 0) is 27.6 Å². The van der Waals surface area contributed by atoms with E-state index in [0.29, 0.717) is 0 Å². The number of rotatable bonds is 10. The standard InChI is InChI=1S/C26H28F2N2O5S/c1-26(24(32)14-31,36(2,34)35)9-10-30-15-29-23-13-19(22(28)12-20(23)25(30)33)18-8-7-17(11-21(18)27)6-5-16-3-4-16/h7-8,11-13,15-16,31H,3-6,9-10,14H2,1-2H3/t26-/m1/s1. The number of ketones is 1. The van der Waals surface area contributed by atoms with E-state index in [0.717, 1.165) is 41.2 Å². The van der Waals surface area contributed by atoms with Gasteiger partial charge >= 0.3 is 0 Å². The van der Waals surface area contributed by atoms with E-state index in [1.165, 1.54) is 44.3 Å². The van der Waals surface area contributed by atoms with Crippen LogP contribution in [0.15, 0.2) is 41.5 Å². The molecule has 1 aliphatic rings. The van der Waals surface area contributed by atoms with Gasteiger partial charge in [-0.3, -0.25) is 14.2 Å². The molecule has 1 heterocycles. The van der Waals surface area contributed by atoms with Crippen molar-refractivity contribution in [2.45, 2.75) is 50.3 Å². The van der Waals surface area contributed by atoms with Gasteiger partial charge in [0, 0.05) is 23.9 Å². The van der Waals surface area contributed by atoms with Crippen LogP contribution in [0.2, 0.25) is 0 Å². The number of aryl methyl sites for hydroxylation is 2. The van der Waals surface area contributed by atoms with Crippen molar-refractivity contribution in [3.8, 4) is 11.1 Å². The molecule has 1 aromatic heterocycles. The highest BCUT2D eigenvalue weighted by atomic mass is 32.2. The maximum absolute atomic E-state index is 15.0. The van der Waals surface area contributed by atoms with Crippen molar-refractivity contribution in [1.82, 2.24) is 9.55 Å². The van der Waals surface area contributed by atoms with Crippen LogP contribution in [0.5, 0.6) is 0 Å². The summed E-state index contributed by atoms with van der Waals surface area (Å²) in [4.78, 5) is 29.3. The molecule has 36 heavy (non-hydrogen) atoms. The topological polar surface area (TPSA) is 106 Å². The number of nitrogens with zero attached hydrogens (tertiary/aromatic N) is 2. The molecule has 1 fully saturated rings. The van der Waals surface area contributed by atoms with Crippen LogP contribution >= 0.6 is 0 Å². The molecule has 192 valence electrons. The summed E-state index contributed by atoms with van der Waals surface area (Å²) < 4.78 is 53.5. The van der Waals surface area contributed by atoms with Gasteiger partial charge in [-0.05, 0) is 55.9 Å². The summed E-state index contributed by atoms with van der Waals surface area (Å²) in [6, 6.07) is 7.04. The van der Waals surface area contributed by atoms with E-state index in [-0.39, 0.29) is 35.0 Å². The lowest BCUT2D eigenvalue weighted by atomic mass is 9.99. The molecule has 0 bridgehead atoms. The normalized spacial score (nSPS) is 15.7. The first kappa shape index (κ1) is 26.1. The minimum atomic E-state index is -3.90. The zero-order valence-electron chi connectivity index (χ0n) is 20.1. The number of sulfone groups is 1. The van der Waals surface area contributed by atoms with E-state index in [1.54, 1.807) is 6.07 Å². The van der Waals surface area contributed by atoms with Crippen LogP contribution in [0.25, 0.3) is 22.0 Å². The third kappa shape index (κ3) is 5.10. The number of hydrogen-bond donors (Lipinski definition) is 1. The molecule has 0 spiro atoms. The van der Waals surface area contributed by atoms with E-state index in [4.69, 9.17) is 0 Å². The van der Waals surface area contributed by atoms with Gasteiger partial charge in [-0.2, -0.15) is 0 Å². The van der Waals surface area contributed by atoms with Crippen LogP contribution in [0.4, 0.5) is 8.78 Å².